The molecule has 16 heteroatoms. The topological polar surface area (TPSA) is 162 Å². The highest BCUT2D eigenvalue weighted by atomic mass is 35.5. The van der Waals surface area contributed by atoms with Crippen LogP contribution < -0.4 is 10.3 Å². The molecule has 6 rings (SSSR count). The van der Waals surface area contributed by atoms with Crippen molar-refractivity contribution < 1.29 is 37.1 Å². The third kappa shape index (κ3) is 14.9. The summed E-state index contributed by atoms with van der Waals surface area (Å²) in [4.78, 5) is 4.12. The molecule has 13 nitrogen and oxygen atoms in total. The lowest BCUT2D eigenvalue weighted by atomic mass is 9.97. The number of fused-ring (bicyclic) bond motifs is 2. The van der Waals surface area contributed by atoms with E-state index in [-0.39, 0.29) is 30.6 Å². The molecule has 4 heterocycles. The molecule has 65 heavy (non-hydrogen) atoms. The molecule has 2 fully saturated rings. The summed E-state index contributed by atoms with van der Waals surface area (Å²) in [7, 11) is -4.45. The second kappa shape index (κ2) is 24.7. The number of unbranched alkanes of at least 4 members (excludes halogenated alkanes) is 15. The van der Waals surface area contributed by atoms with Crippen LogP contribution in [0.3, 0.4) is 0 Å². The first-order valence-electron chi connectivity index (χ1n) is 23.6. The second-order valence-electron chi connectivity index (χ2n) is 18.1. The number of nitrogens with two attached hydrogens (primary N) is 1. The monoisotopic (exact) mass is 955 g/mol. The van der Waals surface area contributed by atoms with Gasteiger partial charge in [-0.1, -0.05) is 145 Å². The number of phosphoric acid groups is 1. The number of rotatable bonds is 29. The Balaban J connectivity index is 1.09. The van der Waals surface area contributed by atoms with Crippen LogP contribution in [-0.2, 0) is 39.2 Å². The normalized spacial score (nSPS) is 21.6. The fraction of sp³-hybridized carbons (Fsp3) is 0.612. The summed E-state index contributed by atoms with van der Waals surface area (Å²) in [5, 5.41) is 14.6. The largest absolute Gasteiger partial charge is 0.530 e. The van der Waals surface area contributed by atoms with Gasteiger partial charge in [0.2, 0.25) is 0 Å². The predicted octanol–water partition coefficient (Wildman–Crippen LogP) is 13.3. The van der Waals surface area contributed by atoms with E-state index in [1.54, 1.807) is 47.0 Å². The van der Waals surface area contributed by atoms with Gasteiger partial charge in [0.1, 0.15) is 41.5 Å². The minimum absolute atomic E-state index is 0.123. The van der Waals surface area contributed by atoms with Crippen LogP contribution in [0.15, 0.2) is 60.9 Å². The van der Waals surface area contributed by atoms with Crippen LogP contribution in [0.1, 0.15) is 160 Å². The van der Waals surface area contributed by atoms with Gasteiger partial charge >= 0.3 is 7.82 Å². The van der Waals surface area contributed by atoms with Crippen LogP contribution >= 0.6 is 31.0 Å². The Hall–Kier alpha value is -3.28. The highest BCUT2D eigenvalue weighted by molar-refractivity contribution is 7.49. The maximum absolute atomic E-state index is 14.9. The third-order valence-corrected chi connectivity index (χ3v) is 14.0. The Morgan fingerprint density at radius 3 is 2.18 bits per heavy atom. The summed E-state index contributed by atoms with van der Waals surface area (Å²) in [6.45, 7) is 7.52. The lowest BCUT2D eigenvalue weighted by molar-refractivity contribution is -0.212. The molecule has 2 aliphatic heterocycles. The Bertz CT molecular complexity index is 2200. The third-order valence-electron chi connectivity index (χ3n) is 12.2. The first-order chi connectivity index (χ1) is 31.3. The van der Waals surface area contributed by atoms with Crippen LogP contribution in [0, 0.1) is 11.3 Å². The van der Waals surface area contributed by atoms with Crippen molar-refractivity contribution in [3.05, 3.63) is 87.8 Å². The lowest BCUT2D eigenvalue weighted by Gasteiger charge is -2.32. The number of anilines is 1. The maximum atomic E-state index is 14.9. The Morgan fingerprint density at radius 1 is 0.862 bits per heavy atom. The fourth-order valence-electron chi connectivity index (χ4n) is 8.70. The lowest BCUT2D eigenvalue weighted by Crippen LogP contribution is -2.44. The average molecular weight is 957 g/mol. The van der Waals surface area contributed by atoms with Gasteiger partial charge in [-0.15, -0.1) is 0 Å². The number of nitriles is 1. The molecule has 0 bridgehead atoms. The average Bonchev–Trinajstić information content (AvgIpc) is 3.94. The number of nitrogen functional groups attached to an aromatic ring is 1. The highest BCUT2D eigenvalue weighted by Gasteiger charge is 2.62. The Labute approximate surface area is 395 Å². The molecule has 2 N–H and O–H groups in total. The summed E-state index contributed by atoms with van der Waals surface area (Å²) in [5.41, 5.74) is 7.42. The van der Waals surface area contributed by atoms with Gasteiger partial charge in [-0.25, -0.2) is 14.1 Å². The molecule has 0 amide bonds. The van der Waals surface area contributed by atoms with Crippen molar-refractivity contribution in [3.63, 3.8) is 0 Å². The van der Waals surface area contributed by atoms with Crippen molar-refractivity contribution in [2.45, 2.75) is 179 Å². The summed E-state index contributed by atoms with van der Waals surface area (Å²) in [6, 6.07) is 17.6. The van der Waals surface area contributed by atoms with E-state index in [0.29, 0.717) is 34.0 Å². The summed E-state index contributed by atoms with van der Waals surface area (Å²) >= 11 is 12.9. The minimum atomic E-state index is -4.45. The number of hydrogen-bond acceptors (Lipinski definition) is 12. The SMILES string of the molecule is CCCCCCCCCCCCCCCCCC[C@H](COP(=O)(OC[C@@]1(C)O[C@@H](c2ccc3c(N)ncnn23)[C@@H]2OC(C)(C)O[C@@H]21)Oc1ccccc1Cl)OCc1cc(Cl)cc(C#N)c1. The zero-order chi connectivity index (χ0) is 46.3. The van der Waals surface area contributed by atoms with Crippen LogP contribution in [0.25, 0.3) is 5.52 Å². The number of para-hydroxylation sites is 1. The fourth-order valence-corrected chi connectivity index (χ4v) is 10.5. The number of hydrogen-bond donors (Lipinski definition) is 1. The van der Waals surface area contributed by atoms with Gasteiger partial charge in [-0.2, -0.15) is 10.4 Å². The molecule has 0 aliphatic carbocycles. The molecule has 0 saturated carbocycles. The van der Waals surface area contributed by atoms with Gasteiger partial charge < -0.3 is 29.2 Å². The number of nitrogens with zero attached hydrogens (tertiary/aromatic N) is 4. The van der Waals surface area contributed by atoms with Gasteiger partial charge in [0.05, 0.1) is 48.3 Å². The molecule has 0 radical (unpaired) electrons. The van der Waals surface area contributed by atoms with Crippen molar-refractivity contribution in [3.8, 4) is 11.8 Å². The zero-order valence-corrected chi connectivity index (χ0v) is 41.0. The van der Waals surface area contributed by atoms with Gasteiger partial charge in [0.25, 0.3) is 0 Å². The van der Waals surface area contributed by atoms with Gasteiger partial charge in [0, 0.05) is 5.02 Å². The molecule has 1 unspecified atom stereocenters. The van der Waals surface area contributed by atoms with Crippen LogP contribution in [-0.4, -0.2) is 57.5 Å². The number of phosphoric ester groups is 1. The highest BCUT2D eigenvalue weighted by Crippen LogP contribution is 2.55. The quantitative estimate of drug-likeness (QED) is 0.0406. The van der Waals surface area contributed by atoms with E-state index in [4.69, 9.17) is 61.5 Å². The maximum Gasteiger partial charge on any atom is 0.530 e. The van der Waals surface area contributed by atoms with Gasteiger partial charge in [-0.3, -0.25) is 9.05 Å². The predicted molar refractivity (Wildman–Crippen MR) is 254 cm³/mol. The van der Waals surface area contributed by atoms with E-state index in [2.05, 4.69) is 23.1 Å². The Kier molecular flexibility index (Phi) is 19.4. The number of ether oxygens (including phenoxy) is 4. The van der Waals surface area contributed by atoms with Crippen LogP contribution in [0.4, 0.5) is 5.82 Å². The summed E-state index contributed by atoms with van der Waals surface area (Å²) in [6.07, 6.45) is 19.9. The van der Waals surface area contributed by atoms with Crippen molar-refractivity contribution in [1.82, 2.24) is 14.6 Å². The van der Waals surface area contributed by atoms with E-state index in [1.807, 2.05) is 32.9 Å². The van der Waals surface area contributed by atoms with Crippen molar-refractivity contribution in [1.29, 1.82) is 5.26 Å². The molecular formula is C49H68Cl2N5O8P. The molecular weight excluding hydrogens is 888 g/mol. The van der Waals surface area contributed by atoms with E-state index >= 15 is 0 Å². The van der Waals surface area contributed by atoms with Gasteiger partial charge in [0.15, 0.2) is 11.6 Å². The zero-order valence-electron chi connectivity index (χ0n) is 38.6. The molecule has 2 saturated heterocycles. The van der Waals surface area contributed by atoms with E-state index in [1.165, 1.54) is 89.8 Å². The number of aromatic nitrogens is 3. The molecule has 356 valence electrons. The van der Waals surface area contributed by atoms with Crippen molar-refractivity contribution >= 4 is 42.4 Å². The smallest absolute Gasteiger partial charge is 0.402 e. The van der Waals surface area contributed by atoms with Crippen LogP contribution in [0.5, 0.6) is 5.75 Å². The second-order valence-corrected chi connectivity index (χ2v) is 20.5. The molecule has 2 aliphatic rings. The molecule has 2 aromatic heterocycles. The molecule has 2 aromatic carbocycles. The first kappa shape index (κ1) is 51.1. The number of halogens is 2. The molecule has 4 aromatic rings. The summed E-state index contributed by atoms with van der Waals surface area (Å²) in [5.74, 6) is -0.507. The molecule has 0 spiro atoms. The van der Waals surface area contributed by atoms with Gasteiger partial charge in [-0.05, 0) is 75.2 Å². The van der Waals surface area contributed by atoms with Crippen molar-refractivity contribution in [2.24, 2.45) is 0 Å². The van der Waals surface area contributed by atoms with Crippen LogP contribution in [0.2, 0.25) is 10.0 Å². The summed E-state index contributed by atoms with van der Waals surface area (Å²) < 4.78 is 61.1. The number of benzene rings is 2. The van der Waals surface area contributed by atoms with E-state index in [0.717, 1.165) is 24.8 Å². The first-order valence-corrected chi connectivity index (χ1v) is 25.8. The molecule has 6 atom stereocenters. The van der Waals surface area contributed by atoms with Crippen molar-refractivity contribution in [2.75, 3.05) is 18.9 Å². The minimum Gasteiger partial charge on any atom is -0.402 e. The van der Waals surface area contributed by atoms with E-state index in [9.17, 15) is 9.83 Å². The standard InChI is InChI=1S/C49H68Cl2N5O8P/c1-5-6-7-8-9-10-11-12-13-14-15-16-17-18-19-20-23-39(58-32-37-28-36(31-52)29-38(50)30-37)33-59-65(57,64-43-25-22-21-24-40(43)51)60-34-49(4)46-45(61-48(2,3)63-46)44(62-49)41-26-27-42-47(53)54-35-55-56(41)42/h21-22,24-30,35,39,44-46H,5-20,23,32-34H2,1-4H3,(H2,53,54,55)/t39-,44+,45+,46+,49-,65?/m1/s1. The Morgan fingerprint density at radius 2 is 1.52 bits per heavy atom. The van der Waals surface area contributed by atoms with E-state index < -0.39 is 43.6 Å².